The zero-order valence-electron chi connectivity index (χ0n) is 14.5. The Kier molecular flexibility index (Phi) is 4.47. The first-order valence-electron chi connectivity index (χ1n) is 8.55. The molecule has 23 heavy (non-hydrogen) atoms. The van der Waals surface area contributed by atoms with Crippen molar-refractivity contribution in [1.29, 1.82) is 0 Å². The Labute approximate surface area is 138 Å². The van der Waals surface area contributed by atoms with Crippen LogP contribution in [0.1, 0.15) is 52.4 Å². The van der Waals surface area contributed by atoms with E-state index in [2.05, 4.69) is 33.0 Å². The van der Waals surface area contributed by atoms with Gasteiger partial charge in [0.05, 0.1) is 12.7 Å². The number of benzene rings is 1. The van der Waals surface area contributed by atoms with E-state index >= 15 is 0 Å². The second-order valence-corrected chi connectivity index (χ2v) is 7.82. The van der Waals surface area contributed by atoms with Gasteiger partial charge in [-0.05, 0) is 30.9 Å². The lowest BCUT2D eigenvalue weighted by Gasteiger charge is -2.44. The standard InChI is InChI=1S/C19H27NO3/c1-12(2)16-19(3,4)11-22-18(23-16)14-6-5-7-15(10-14)20-17(21)13-8-9-13/h5-7,10,12-13,16,18H,8-9,11H2,1-4H3,(H,20,21)/t16-,18+/m0/s1. The second-order valence-electron chi connectivity index (χ2n) is 7.82. The highest BCUT2D eigenvalue weighted by Crippen LogP contribution is 2.40. The van der Waals surface area contributed by atoms with Crippen molar-refractivity contribution in [3.63, 3.8) is 0 Å². The summed E-state index contributed by atoms with van der Waals surface area (Å²) in [5.74, 6) is 0.745. The molecule has 1 aliphatic carbocycles. The molecule has 1 aromatic carbocycles. The first-order valence-corrected chi connectivity index (χ1v) is 8.55. The lowest BCUT2D eigenvalue weighted by Crippen LogP contribution is -2.45. The average molecular weight is 317 g/mol. The molecule has 1 amide bonds. The number of hydrogen-bond donors (Lipinski definition) is 1. The van der Waals surface area contributed by atoms with Crippen LogP contribution in [0.4, 0.5) is 5.69 Å². The van der Waals surface area contributed by atoms with Gasteiger partial charge in [0.25, 0.3) is 0 Å². The van der Waals surface area contributed by atoms with Gasteiger partial charge in [0.2, 0.25) is 5.91 Å². The number of carbonyl (C=O) groups is 1. The number of carbonyl (C=O) groups excluding carboxylic acids is 1. The van der Waals surface area contributed by atoms with Gasteiger partial charge in [0.15, 0.2) is 6.29 Å². The van der Waals surface area contributed by atoms with Crippen molar-refractivity contribution >= 4 is 11.6 Å². The van der Waals surface area contributed by atoms with E-state index in [1.165, 1.54) is 0 Å². The Morgan fingerprint density at radius 1 is 1.30 bits per heavy atom. The van der Waals surface area contributed by atoms with Crippen LogP contribution >= 0.6 is 0 Å². The van der Waals surface area contributed by atoms with E-state index in [0.29, 0.717) is 12.5 Å². The van der Waals surface area contributed by atoms with Crippen LogP contribution < -0.4 is 5.32 Å². The lowest BCUT2D eigenvalue weighted by molar-refractivity contribution is -0.274. The highest BCUT2D eigenvalue weighted by molar-refractivity contribution is 5.94. The van der Waals surface area contributed by atoms with Crippen LogP contribution in [-0.2, 0) is 14.3 Å². The number of anilines is 1. The molecule has 0 radical (unpaired) electrons. The molecule has 3 rings (SSSR count). The average Bonchev–Trinajstić information content (AvgIpc) is 3.31. The van der Waals surface area contributed by atoms with Gasteiger partial charge < -0.3 is 14.8 Å². The smallest absolute Gasteiger partial charge is 0.227 e. The van der Waals surface area contributed by atoms with Gasteiger partial charge in [-0.2, -0.15) is 0 Å². The molecular formula is C19H27NO3. The predicted octanol–water partition coefficient (Wildman–Crippen LogP) is 4.13. The van der Waals surface area contributed by atoms with Crippen LogP contribution in [0, 0.1) is 17.3 Å². The van der Waals surface area contributed by atoms with Crippen molar-refractivity contribution in [2.75, 3.05) is 11.9 Å². The van der Waals surface area contributed by atoms with Gasteiger partial charge in [0, 0.05) is 22.6 Å². The molecule has 2 fully saturated rings. The van der Waals surface area contributed by atoms with Gasteiger partial charge >= 0.3 is 0 Å². The van der Waals surface area contributed by atoms with E-state index in [-0.39, 0.29) is 29.6 Å². The van der Waals surface area contributed by atoms with Gasteiger partial charge in [0.1, 0.15) is 0 Å². The monoisotopic (exact) mass is 317 g/mol. The topological polar surface area (TPSA) is 47.6 Å². The van der Waals surface area contributed by atoms with Gasteiger partial charge in [-0.3, -0.25) is 4.79 Å². The third-order valence-electron chi connectivity index (χ3n) is 4.63. The molecular weight excluding hydrogens is 290 g/mol. The van der Waals surface area contributed by atoms with Crippen molar-refractivity contribution in [1.82, 2.24) is 0 Å². The summed E-state index contributed by atoms with van der Waals surface area (Å²) >= 11 is 0. The van der Waals surface area contributed by atoms with Gasteiger partial charge in [-0.1, -0.05) is 39.8 Å². The minimum absolute atomic E-state index is 0.00245. The molecule has 0 spiro atoms. The minimum Gasteiger partial charge on any atom is -0.348 e. The Bertz CT molecular complexity index is 578. The Morgan fingerprint density at radius 2 is 2.04 bits per heavy atom. The summed E-state index contributed by atoms with van der Waals surface area (Å²) in [4.78, 5) is 11.9. The fraction of sp³-hybridized carbons (Fsp3) is 0.632. The van der Waals surface area contributed by atoms with E-state index < -0.39 is 0 Å². The normalized spacial score (nSPS) is 27.0. The largest absolute Gasteiger partial charge is 0.348 e. The Morgan fingerprint density at radius 3 is 2.70 bits per heavy atom. The summed E-state index contributed by atoms with van der Waals surface area (Å²) in [6.07, 6.45) is 1.79. The molecule has 1 aromatic rings. The molecule has 1 saturated carbocycles. The van der Waals surface area contributed by atoms with Crippen molar-refractivity contribution < 1.29 is 14.3 Å². The summed E-state index contributed by atoms with van der Waals surface area (Å²) in [5, 5.41) is 2.98. The molecule has 0 unspecified atom stereocenters. The molecule has 1 aliphatic heterocycles. The van der Waals surface area contributed by atoms with Crippen molar-refractivity contribution in [3.05, 3.63) is 29.8 Å². The van der Waals surface area contributed by atoms with E-state index in [0.717, 1.165) is 24.1 Å². The summed E-state index contributed by atoms with van der Waals surface area (Å²) in [6.45, 7) is 9.39. The van der Waals surface area contributed by atoms with Crippen molar-refractivity contribution in [2.24, 2.45) is 17.3 Å². The Balaban J connectivity index is 1.72. The van der Waals surface area contributed by atoms with E-state index in [9.17, 15) is 4.79 Å². The first-order chi connectivity index (χ1) is 10.9. The first kappa shape index (κ1) is 16.5. The van der Waals surface area contributed by atoms with Crippen LogP contribution in [0.2, 0.25) is 0 Å². The fourth-order valence-corrected chi connectivity index (χ4v) is 3.32. The fourth-order valence-electron chi connectivity index (χ4n) is 3.32. The van der Waals surface area contributed by atoms with Gasteiger partial charge in [-0.15, -0.1) is 0 Å². The summed E-state index contributed by atoms with van der Waals surface area (Å²) in [6, 6.07) is 7.80. The number of hydrogen-bond acceptors (Lipinski definition) is 3. The van der Waals surface area contributed by atoms with Crippen LogP contribution in [0.25, 0.3) is 0 Å². The minimum atomic E-state index is -0.367. The zero-order valence-corrected chi connectivity index (χ0v) is 14.5. The van der Waals surface area contributed by atoms with Crippen LogP contribution in [0.15, 0.2) is 24.3 Å². The molecule has 4 heteroatoms. The van der Waals surface area contributed by atoms with Gasteiger partial charge in [-0.25, -0.2) is 0 Å². The molecule has 1 saturated heterocycles. The zero-order chi connectivity index (χ0) is 16.6. The summed E-state index contributed by atoms with van der Waals surface area (Å²) < 4.78 is 12.2. The van der Waals surface area contributed by atoms with Crippen molar-refractivity contribution in [3.8, 4) is 0 Å². The third kappa shape index (κ3) is 3.75. The second kappa shape index (κ2) is 6.25. The molecule has 0 bridgehead atoms. The quantitative estimate of drug-likeness (QED) is 0.908. The predicted molar refractivity (Wildman–Crippen MR) is 90.0 cm³/mol. The van der Waals surface area contributed by atoms with E-state index in [1.807, 2.05) is 24.3 Å². The lowest BCUT2D eigenvalue weighted by atomic mass is 9.80. The van der Waals surface area contributed by atoms with Crippen LogP contribution in [-0.4, -0.2) is 18.6 Å². The van der Waals surface area contributed by atoms with Crippen LogP contribution in [0.3, 0.4) is 0 Å². The maximum Gasteiger partial charge on any atom is 0.227 e. The maximum atomic E-state index is 11.9. The SMILES string of the molecule is CC(C)[C@@H]1O[C@H](c2cccc(NC(=O)C3CC3)c2)OCC1(C)C. The molecule has 2 atom stereocenters. The number of ether oxygens (including phenoxy) is 2. The molecule has 126 valence electrons. The molecule has 4 nitrogen and oxygen atoms in total. The molecule has 1 heterocycles. The summed E-state index contributed by atoms with van der Waals surface area (Å²) in [7, 11) is 0. The maximum absolute atomic E-state index is 11.9. The number of nitrogens with one attached hydrogen (secondary N) is 1. The number of rotatable bonds is 4. The van der Waals surface area contributed by atoms with Crippen LogP contribution in [0.5, 0.6) is 0 Å². The van der Waals surface area contributed by atoms with E-state index in [4.69, 9.17) is 9.47 Å². The molecule has 2 aliphatic rings. The third-order valence-corrected chi connectivity index (χ3v) is 4.63. The molecule has 0 aromatic heterocycles. The highest BCUT2D eigenvalue weighted by Gasteiger charge is 2.40. The van der Waals surface area contributed by atoms with E-state index in [1.54, 1.807) is 0 Å². The Hall–Kier alpha value is -1.39. The molecule has 1 N–H and O–H groups in total. The summed E-state index contributed by atoms with van der Waals surface area (Å²) in [5.41, 5.74) is 1.78. The number of amides is 1. The van der Waals surface area contributed by atoms with Crippen molar-refractivity contribution in [2.45, 2.75) is 52.9 Å². The highest BCUT2D eigenvalue weighted by atomic mass is 16.7.